The van der Waals surface area contributed by atoms with Gasteiger partial charge in [-0.15, -0.1) is 11.3 Å². The molecular formula is C34H42N5O6PS. The number of amides is 3. The summed E-state index contributed by atoms with van der Waals surface area (Å²) in [4.78, 5) is 71.5. The topological polar surface area (TPSA) is 143 Å². The largest absolute Gasteiger partial charge is 0.377 e. The van der Waals surface area contributed by atoms with Crippen LogP contribution in [0.4, 0.5) is 5.69 Å². The van der Waals surface area contributed by atoms with Crippen LogP contribution in [0.15, 0.2) is 42.7 Å². The van der Waals surface area contributed by atoms with Gasteiger partial charge < -0.3 is 29.8 Å². The Labute approximate surface area is 278 Å². The van der Waals surface area contributed by atoms with Crippen LogP contribution in [0.1, 0.15) is 72.2 Å². The lowest BCUT2D eigenvalue weighted by atomic mass is 9.64. The average Bonchev–Trinajstić information content (AvgIpc) is 3.56. The number of likely N-dealkylation sites (tertiary alicyclic amines) is 1. The van der Waals surface area contributed by atoms with Crippen molar-refractivity contribution >= 4 is 52.4 Å². The van der Waals surface area contributed by atoms with Gasteiger partial charge in [-0.2, -0.15) is 0 Å². The molecule has 1 aromatic carbocycles. The van der Waals surface area contributed by atoms with Gasteiger partial charge in [-0.05, 0) is 92.5 Å². The third kappa shape index (κ3) is 6.09. The summed E-state index contributed by atoms with van der Waals surface area (Å²) in [5, 5.41) is 3.79. The number of hydrogen-bond acceptors (Lipinski definition) is 7. The van der Waals surface area contributed by atoms with Crippen molar-refractivity contribution in [1.82, 2.24) is 20.1 Å². The highest BCUT2D eigenvalue weighted by Crippen LogP contribution is 2.50. The summed E-state index contributed by atoms with van der Waals surface area (Å²) >= 11 is 1.29. The number of hydrogen-bond donors (Lipinski definition) is 3. The van der Waals surface area contributed by atoms with E-state index in [1.54, 1.807) is 30.5 Å². The second-order valence-electron chi connectivity index (χ2n) is 14.4. The van der Waals surface area contributed by atoms with Crippen molar-refractivity contribution in [3.05, 3.63) is 58.7 Å². The van der Waals surface area contributed by atoms with Crippen molar-refractivity contribution in [1.29, 1.82) is 0 Å². The van der Waals surface area contributed by atoms with Crippen LogP contribution in [0, 0.1) is 11.8 Å². The Kier molecular flexibility index (Phi) is 8.22. The second kappa shape index (κ2) is 12.0. The first kappa shape index (κ1) is 32.2. The molecule has 3 saturated heterocycles. The van der Waals surface area contributed by atoms with E-state index in [1.807, 2.05) is 36.2 Å². The molecule has 5 atom stereocenters. The summed E-state index contributed by atoms with van der Waals surface area (Å²) in [7, 11) is -0.223. The van der Waals surface area contributed by atoms with Gasteiger partial charge in [0.2, 0.25) is 11.8 Å². The van der Waals surface area contributed by atoms with Crippen molar-refractivity contribution in [2.75, 3.05) is 32.1 Å². The Morgan fingerprint density at radius 1 is 1.13 bits per heavy atom. The zero-order valence-corrected chi connectivity index (χ0v) is 28.7. The number of nitrogens with zero attached hydrogens (tertiary/aromatic N) is 4. The minimum Gasteiger partial charge on any atom is -0.377 e. The molecule has 0 unspecified atom stereocenters. The average molecular weight is 680 g/mol. The Morgan fingerprint density at radius 2 is 1.89 bits per heavy atom. The number of pyridine rings is 1. The molecule has 1 saturated carbocycles. The highest BCUT2D eigenvalue weighted by molar-refractivity contribution is 7.50. The number of anilines is 1. The fourth-order valence-electron chi connectivity index (χ4n) is 8.36. The Hall–Kier alpha value is -3.31. The van der Waals surface area contributed by atoms with Gasteiger partial charge in [0.1, 0.15) is 12.1 Å². The van der Waals surface area contributed by atoms with Crippen molar-refractivity contribution in [2.45, 2.75) is 75.2 Å². The molecule has 4 aliphatic rings. The van der Waals surface area contributed by atoms with Crippen LogP contribution in [0.2, 0.25) is 0 Å². The minimum atomic E-state index is -4.23. The fourth-order valence-corrected chi connectivity index (χ4v) is 9.98. The molecule has 3 aliphatic heterocycles. The van der Waals surface area contributed by atoms with Crippen molar-refractivity contribution in [3.63, 3.8) is 0 Å². The molecule has 3 aromatic rings. The highest BCUT2D eigenvalue weighted by atomic mass is 32.1. The number of nitrogens with one attached hydrogen (secondary N) is 1. The molecule has 0 bridgehead atoms. The van der Waals surface area contributed by atoms with Crippen LogP contribution in [0.25, 0.3) is 10.1 Å². The van der Waals surface area contributed by atoms with Crippen LogP contribution in [0.5, 0.6) is 0 Å². The van der Waals surface area contributed by atoms with E-state index in [0.717, 1.165) is 47.0 Å². The molecule has 4 fully saturated rings. The molecule has 3 amide bonds. The number of benzene rings is 1. The van der Waals surface area contributed by atoms with E-state index < -0.39 is 25.2 Å². The number of carbonyl (C=O) groups is 3. The third-order valence-corrected chi connectivity index (χ3v) is 12.8. The van der Waals surface area contributed by atoms with Crippen LogP contribution >= 0.6 is 18.9 Å². The van der Waals surface area contributed by atoms with E-state index in [2.05, 4.69) is 22.1 Å². The van der Waals surface area contributed by atoms with Gasteiger partial charge in [0, 0.05) is 67.0 Å². The maximum Gasteiger partial charge on any atom is 0.329 e. The van der Waals surface area contributed by atoms with E-state index in [9.17, 15) is 28.7 Å². The van der Waals surface area contributed by atoms with Crippen LogP contribution in [-0.2, 0) is 20.3 Å². The standard InChI is InChI=1S/C34H42N5O6PS/c1-34-10-8-28(33(42)38-17-24(18-38)25-16-35-11-9-27(25)37(2)3)39(34)32(41)26(13-21-5-6-22(21)15-34)36-31(40)30-14-23-12-20(19-46(43,44)45)4-7-29(23)47-30/h4,7,9,11-12,14,16,21-22,24,26,28H,5-6,8,10,13,15,17-19H2,1-3H3,(H,36,40)(H2,43,44,45)/t21-,22+,26+,28+,34-/m1/s1. The molecule has 0 radical (unpaired) electrons. The maximum atomic E-state index is 14.5. The predicted molar refractivity (Wildman–Crippen MR) is 180 cm³/mol. The summed E-state index contributed by atoms with van der Waals surface area (Å²) in [6.45, 7) is 3.30. The molecular weight excluding hydrogens is 637 g/mol. The van der Waals surface area contributed by atoms with Crippen LogP contribution in [-0.4, -0.2) is 87.1 Å². The molecule has 3 N–H and O–H groups in total. The lowest BCUT2D eigenvalue weighted by molar-refractivity contribution is -0.154. The molecule has 0 spiro atoms. The summed E-state index contributed by atoms with van der Waals surface area (Å²) in [5.41, 5.74) is 2.28. The first-order chi connectivity index (χ1) is 22.3. The quantitative estimate of drug-likeness (QED) is 0.313. The van der Waals surface area contributed by atoms with Gasteiger partial charge in [0.05, 0.1) is 11.0 Å². The van der Waals surface area contributed by atoms with E-state index in [0.29, 0.717) is 48.2 Å². The first-order valence-corrected chi connectivity index (χ1v) is 19.0. The zero-order valence-electron chi connectivity index (χ0n) is 27.0. The summed E-state index contributed by atoms with van der Waals surface area (Å²) in [6, 6.07) is 7.55. The number of fused-ring (bicyclic) bond motifs is 3. The van der Waals surface area contributed by atoms with Gasteiger partial charge >= 0.3 is 7.60 Å². The normalized spacial score (nSPS) is 27.7. The monoisotopic (exact) mass is 679 g/mol. The summed E-state index contributed by atoms with van der Waals surface area (Å²) in [5.74, 6) is 0.477. The first-order valence-electron chi connectivity index (χ1n) is 16.4. The molecule has 7 rings (SSSR count). The van der Waals surface area contributed by atoms with Gasteiger partial charge in [-0.1, -0.05) is 6.07 Å². The fraction of sp³-hybridized carbons (Fsp3) is 0.529. The number of thiophene rings is 1. The summed E-state index contributed by atoms with van der Waals surface area (Å²) < 4.78 is 12.3. The zero-order chi connectivity index (χ0) is 33.2. The molecule has 13 heteroatoms. The molecule has 250 valence electrons. The van der Waals surface area contributed by atoms with Crippen molar-refractivity contribution in [2.24, 2.45) is 11.8 Å². The lowest BCUT2D eigenvalue weighted by Gasteiger charge is -2.51. The molecule has 47 heavy (non-hydrogen) atoms. The van der Waals surface area contributed by atoms with Crippen LogP contribution in [0.3, 0.4) is 0 Å². The van der Waals surface area contributed by atoms with Gasteiger partial charge in [-0.3, -0.25) is 23.9 Å². The van der Waals surface area contributed by atoms with E-state index >= 15 is 0 Å². The molecule has 2 aromatic heterocycles. The van der Waals surface area contributed by atoms with Crippen molar-refractivity contribution < 1.29 is 28.7 Å². The Morgan fingerprint density at radius 3 is 2.60 bits per heavy atom. The van der Waals surface area contributed by atoms with E-state index in [1.165, 1.54) is 11.3 Å². The number of aromatic nitrogens is 1. The SMILES string of the molecule is CN(C)c1ccncc1C1CN(C(=O)[C@@H]2CC[C@]3(C)C[C@@H]4CC[C@@H]4C[C@H](NC(=O)c4cc5cc(CP(=O)(O)O)ccc5s4)C(=O)N23)C1. The molecule has 5 heterocycles. The highest BCUT2D eigenvalue weighted by Gasteiger charge is 2.55. The Balaban J connectivity index is 1.10. The lowest BCUT2D eigenvalue weighted by Crippen LogP contribution is -2.63. The predicted octanol–water partition coefficient (Wildman–Crippen LogP) is 4.33. The summed E-state index contributed by atoms with van der Waals surface area (Å²) in [6.07, 6.45) is 8.24. The smallest absolute Gasteiger partial charge is 0.329 e. The second-order valence-corrected chi connectivity index (χ2v) is 17.1. The minimum absolute atomic E-state index is 0.0138. The van der Waals surface area contributed by atoms with Crippen molar-refractivity contribution in [3.8, 4) is 0 Å². The maximum absolute atomic E-state index is 14.5. The third-order valence-electron chi connectivity index (χ3n) is 10.9. The van der Waals surface area contributed by atoms with Gasteiger partial charge in [-0.25, -0.2) is 0 Å². The van der Waals surface area contributed by atoms with E-state index in [-0.39, 0.29) is 29.8 Å². The van der Waals surface area contributed by atoms with Crippen LogP contribution < -0.4 is 10.2 Å². The van der Waals surface area contributed by atoms with Gasteiger partial charge in [0.15, 0.2) is 0 Å². The van der Waals surface area contributed by atoms with Gasteiger partial charge in [0.25, 0.3) is 5.91 Å². The van der Waals surface area contributed by atoms with E-state index in [4.69, 9.17) is 0 Å². The number of carbonyl (C=O) groups excluding carboxylic acids is 3. The molecule has 1 aliphatic carbocycles. The Bertz CT molecular complexity index is 1790. The number of rotatable bonds is 7. The molecule has 11 nitrogen and oxygen atoms in total.